The Morgan fingerprint density at radius 1 is 1.25 bits per heavy atom. The van der Waals surface area contributed by atoms with E-state index in [0.29, 0.717) is 5.82 Å². The van der Waals surface area contributed by atoms with Gasteiger partial charge in [0, 0.05) is 13.2 Å². The van der Waals surface area contributed by atoms with E-state index in [-0.39, 0.29) is 0 Å². The quantitative estimate of drug-likeness (QED) is 0.819. The van der Waals surface area contributed by atoms with Gasteiger partial charge in [0.05, 0.1) is 9.26 Å². The number of anilines is 1. The summed E-state index contributed by atoms with van der Waals surface area (Å²) in [5.41, 5.74) is 4.21. The molecule has 2 heterocycles. The summed E-state index contributed by atoms with van der Waals surface area (Å²) < 4.78 is 1.10. The van der Waals surface area contributed by atoms with Crippen LogP contribution >= 0.6 is 22.6 Å². The zero-order valence-corrected chi connectivity index (χ0v) is 14.4. The molecule has 0 saturated carbocycles. The van der Waals surface area contributed by atoms with Crippen LogP contribution in [0.15, 0.2) is 12.3 Å². The van der Waals surface area contributed by atoms with Crippen molar-refractivity contribution in [1.29, 1.82) is 0 Å². The minimum absolute atomic E-state index is 0.704. The normalized spacial score (nSPS) is 10.7. The zero-order chi connectivity index (χ0) is 14.7. The molecular formula is C15H19IN4. The molecule has 0 aromatic carbocycles. The van der Waals surface area contributed by atoms with E-state index < -0.39 is 0 Å². The highest BCUT2D eigenvalue weighted by molar-refractivity contribution is 14.1. The summed E-state index contributed by atoms with van der Waals surface area (Å²) in [6.07, 6.45) is 3.88. The van der Waals surface area contributed by atoms with Crippen LogP contribution in [0.3, 0.4) is 0 Å². The van der Waals surface area contributed by atoms with E-state index in [9.17, 15) is 0 Å². The predicted octanol–water partition coefficient (Wildman–Crippen LogP) is 3.75. The van der Waals surface area contributed by atoms with E-state index in [1.54, 1.807) is 0 Å². The Kier molecular flexibility index (Phi) is 4.91. The van der Waals surface area contributed by atoms with E-state index in [0.717, 1.165) is 44.7 Å². The summed E-state index contributed by atoms with van der Waals surface area (Å²) in [5, 5.41) is 3.15. The fourth-order valence-corrected chi connectivity index (χ4v) is 2.90. The number of aryl methyl sites for hydroxylation is 3. The lowest BCUT2D eigenvalue weighted by Gasteiger charge is -2.11. The molecule has 0 unspecified atom stereocenters. The first-order chi connectivity index (χ1) is 9.56. The molecule has 20 heavy (non-hydrogen) atoms. The molecule has 5 heteroatoms. The Hall–Kier alpha value is -1.24. The van der Waals surface area contributed by atoms with Gasteiger partial charge in [-0.2, -0.15) is 0 Å². The fourth-order valence-electron chi connectivity index (χ4n) is 2.12. The maximum absolute atomic E-state index is 4.71. The lowest BCUT2D eigenvalue weighted by Crippen LogP contribution is -2.06. The molecule has 2 rings (SSSR count). The summed E-state index contributed by atoms with van der Waals surface area (Å²) in [6.45, 7) is 6.25. The molecule has 1 N–H and O–H groups in total. The molecule has 0 bridgehead atoms. The van der Waals surface area contributed by atoms with Gasteiger partial charge in [-0.15, -0.1) is 0 Å². The number of halogens is 1. The molecule has 0 aliphatic carbocycles. The highest BCUT2D eigenvalue weighted by atomic mass is 127. The Bertz CT molecular complexity index is 626. The van der Waals surface area contributed by atoms with E-state index in [1.807, 2.05) is 20.2 Å². The van der Waals surface area contributed by atoms with E-state index in [1.165, 1.54) is 0 Å². The molecule has 0 aliphatic heterocycles. The summed E-state index contributed by atoms with van der Waals surface area (Å²) >= 11 is 2.31. The van der Waals surface area contributed by atoms with Crippen molar-refractivity contribution in [2.75, 3.05) is 12.4 Å². The van der Waals surface area contributed by atoms with Crippen LogP contribution in [-0.4, -0.2) is 22.0 Å². The van der Waals surface area contributed by atoms with Crippen LogP contribution in [-0.2, 0) is 6.42 Å². The predicted molar refractivity (Wildman–Crippen MR) is 91.0 cm³/mol. The number of rotatable bonds is 4. The molecule has 2 aromatic rings. The first kappa shape index (κ1) is 15.2. The van der Waals surface area contributed by atoms with E-state index in [2.05, 4.69) is 57.8 Å². The van der Waals surface area contributed by atoms with Crippen LogP contribution in [0.1, 0.15) is 30.2 Å². The number of nitrogens with one attached hydrogen (secondary N) is 1. The van der Waals surface area contributed by atoms with Gasteiger partial charge in [-0.3, -0.25) is 4.98 Å². The standard InChI is InChI=1S/C15H19IN4/c1-5-6-11-12(16)14(17-4)20-15(19-11)13-10(3)7-9(2)8-18-13/h7-8H,5-6H2,1-4H3,(H,17,19,20). The molecule has 0 amide bonds. The van der Waals surface area contributed by atoms with Crippen molar-refractivity contribution in [3.63, 3.8) is 0 Å². The van der Waals surface area contributed by atoms with Crippen LogP contribution in [0.5, 0.6) is 0 Å². The molecule has 0 saturated heterocycles. The lowest BCUT2D eigenvalue weighted by atomic mass is 10.1. The maximum Gasteiger partial charge on any atom is 0.180 e. The molecule has 2 aromatic heterocycles. The fraction of sp³-hybridized carbons (Fsp3) is 0.400. The molecule has 0 fully saturated rings. The molecule has 0 spiro atoms. The van der Waals surface area contributed by atoms with E-state index in [4.69, 9.17) is 4.98 Å². The molecule has 0 radical (unpaired) electrons. The molecule has 0 aliphatic rings. The van der Waals surface area contributed by atoms with Crippen molar-refractivity contribution in [3.8, 4) is 11.5 Å². The lowest BCUT2D eigenvalue weighted by molar-refractivity contribution is 0.866. The average molecular weight is 382 g/mol. The average Bonchev–Trinajstić information content (AvgIpc) is 2.41. The third-order valence-electron chi connectivity index (χ3n) is 3.07. The number of nitrogens with zero attached hydrogens (tertiary/aromatic N) is 3. The molecule has 4 nitrogen and oxygen atoms in total. The number of pyridine rings is 1. The van der Waals surface area contributed by atoms with Crippen molar-refractivity contribution in [3.05, 3.63) is 32.7 Å². The summed E-state index contributed by atoms with van der Waals surface area (Å²) in [6, 6.07) is 2.11. The van der Waals surface area contributed by atoms with Crippen molar-refractivity contribution < 1.29 is 0 Å². The van der Waals surface area contributed by atoms with Gasteiger partial charge in [0.15, 0.2) is 5.82 Å². The van der Waals surface area contributed by atoms with Gasteiger partial charge >= 0.3 is 0 Å². The SMILES string of the molecule is CCCc1nc(-c2ncc(C)cc2C)nc(NC)c1I. The van der Waals surface area contributed by atoms with Gasteiger partial charge < -0.3 is 5.32 Å². The molecule has 106 valence electrons. The van der Waals surface area contributed by atoms with Gasteiger partial charge in [0.25, 0.3) is 0 Å². The minimum atomic E-state index is 0.704. The third-order valence-corrected chi connectivity index (χ3v) is 4.20. The minimum Gasteiger partial charge on any atom is -0.372 e. The highest BCUT2D eigenvalue weighted by Gasteiger charge is 2.14. The summed E-state index contributed by atoms with van der Waals surface area (Å²) in [7, 11) is 1.89. The summed E-state index contributed by atoms with van der Waals surface area (Å²) in [4.78, 5) is 13.8. The van der Waals surface area contributed by atoms with Crippen LogP contribution in [0.2, 0.25) is 0 Å². The highest BCUT2D eigenvalue weighted by Crippen LogP contribution is 2.25. The van der Waals surface area contributed by atoms with Crippen molar-refractivity contribution in [1.82, 2.24) is 15.0 Å². The van der Waals surface area contributed by atoms with Crippen LogP contribution in [0.25, 0.3) is 11.5 Å². The Morgan fingerprint density at radius 2 is 2.00 bits per heavy atom. The Morgan fingerprint density at radius 3 is 2.60 bits per heavy atom. The van der Waals surface area contributed by atoms with Gasteiger partial charge in [-0.25, -0.2) is 9.97 Å². The largest absolute Gasteiger partial charge is 0.372 e. The van der Waals surface area contributed by atoms with Gasteiger partial charge in [0.1, 0.15) is 11.5 Å². The van der Waals surface area contributed by atoms with Gasteiger partial charge in [-0.1, -0.05) is 19.4 Å². The van der Waals surface area contributed by atoms with Crippen molar-refractivity contribution in [2.45, 2.75) is 33.6 Å². The Balaban J connectivity index is 2.58. The maximum atomic E-state index is 4.71. The third kappa shape index (κ3) is 3.08. The number of hydrogen-bond donors (Lipinski definition) is 1. The smallest absolute Gasteiger partial charge is 0.180 e. The first-order valence-electron chi connectivity index (χ1n) is 6.74. The van der Waals surface area contributed by atoms with Crippen molar-refractivity contribution in [2.24, 2.45) is 0 Å². The summed E-state index contributed by atoms with van der Waals surface area (Å²) in [5.74, 6) is 1.58. The van der Waals surface area contributed by atoms with Crippen LogP contribution < -0.4 is 5.32 Å². The topological polar surface area (TPSA) is 50.7 Å². The second kappa shape index (κ2) is 6.47. The molecule has 0 atom stereocenters. The Labute approximate surface area is 133 Å². The van der Waals surface area contributed by atoms with Crippen LogP contribution in [0.4, 0.5) is 5.82 Å². The van der Waals surface area contributed by atoms with Gasteiger partial charge in [-0.05, 0) is 54.0 Å². The van der Waals surface area contributed by atoms with Gasteiger partial charge in [0.2, 0.25) is 0 Å². The second-order valence-corrected chi connectivity index (χ2v) is 5.91. The van der Waals surface area contributed by atoms with Crippen molar-refractivity contribution >= 4 is 28.4 Å². The first-order valence-corrected chi connectivity index (χ1v) is 7.82. The van der Waals surface area contributed by atoms with E-state index >= 15 is 0 Å². The monoisotopic (exact) mass is 382 g/mol. The molecular weight excluding hydrogens is 363 g/mol. The zero-order valence-electron chi connectivity index (χ0n) is 12.3. The second-order valence-electron chi connectivity index (χ2n) is 4.83. The number of aromatic nitrogens is 3. The number of hydrogen-bond acceptors (Lipinski definition) is 4. The van der Waals surface area contributed by atoms with Crippen LogP contribution in [0, 0.1) is 17.4 Å².